The topological polar surface area (TPSA) is 72.6 Å². The van der Waals surface area contributed by atoms with Gasteiger partial charge >= 0.3 is 0 Å². The van der Waals surface area contributed by atoms with Crippen molar-refractivity contribution in [2.75, 3.05) is 23.2 Å². The third kappa shape index (κ3) is 2.39. The summed E-state index contributed by atoms with van der Waals surface area (Å²) in [6.45, 7) is 2.84. The van der Waals surface area contributed by atoms with Crippen molar-refractivity contribution in [2.45, 2.75) is 18.2 Å². The van der Waals surface area contributed by atoms with Gasteiger partial charge in [0.05, 0.1) is 22.9 Å². The molecule has 0 saturated heterocycles. The van der Waals surface area contributed by atoms with Crippen LogP contribution in [-0.2, 0) is 16.4 Å². The molecule has 0 bridgehead atoms. The molecule has 1 aliphatic rings. The van der Waals surface area contributed by atoms with Crippen LogP contribution >= 0.6 is 0 Å². The normalized spacial score (nSPS) is 14.0. The van der Waals surface area contributed by atoms with Gasteiger partial charge < -0.3 is 10.5 Å². The maximum Gasteiger partial charge on any atom is 0.264 e. The van der Waals surface area contributed by atoms with Gasteiger partial charge in [-0.1, -0.05) is 12.1 Å². The molecule has 0 unspecified atom stereocenters. The van der Waals surface area contributed by atoms with Gasteiger partial charge in [0.25, 0.3) is 10.0 Å². The monoisotopic (exact) mass is 318 g/mol. The van der Waals surface area contributed by atoms with E-state index >= 15 is 0 Å². The number of para-hydroxylation sites is 1. The molecule has 0 aromatic heterocycles. The fourth-order valence-electron chi connectivity index (χ4n) is 2.69. The molecule has 0 saturated carbocycles. The summed E-state index contributed by atoms with van der Waals surface area (Å²) in [5, 5.41) is 0. The molecular weight excluding hydrogens is 300 g/mol. The van der Waals surface area contributed by atoms with Gasteiger partial charge in [-0.2, -0.15) is 0 Å². The summed E-state index contributed by atoms with van der Waals surface area (Å²) in [6.07, 6.45) is 0.677. The lowest BCUT2D eigenvalue weighted by molar-refractivity contribution is 0.340. The number of anilines is 2. The summed E-state index contributed by atoms with van der Waals surface area (Å²) in [5.74, 6) is 0.655. The van der Waals surface area contributed by atoms with E-state index in [0.29, 0.717) is 36.7 Å². The van der Waals surface area contributed by atoms with Crippen LogP contribution in [0.15, 0.2) is 47.4 Å². The third-order valence-electron chi connectivity index (χ3n) is 3.71. The minimum atomic E-state index is -3.61. The maximum absolute atomic E-state index is 12.8. The first kappa shape index (κ1) is 14.7. The number of hydrogen-bond donors (Lipinski definition) is 1. The highest BCUT2D eigenvalue weighted by molar-refractivity contribution is 7.92. The van der Waals surface area contributed by atoms with Crippen LogP contribution in [0.4, 0.5) is 11.4 Å². The second-order valence-corrected chi connectivity index (χ2v) is 6.95. The Bertz CT molecular complexity index is 786. The molecule has 6 heteroatoms. The van der Waals surface area contributed by atoms with E-state index in [0.717, 1.165) is 5.56 Å². The van der Waals surface area contributed by atoms with Crippen molar-refractivity contribution in [2.24, 2.45) is 0 Å². The number of nitrogens with zero attached hydrogens (tertiary/aromatic N) is 1. The zero-order valence-corrected chi connectivity index (χ0v) is 13.1. The van der Waals surface area contributed by atoms with Crippen molar-refractivity contribution < 1.29 is 13.2 Å². The van der Waals surface area contributed by atoms with E-state index in [1.807, 2.05) is 19.1 Å². The van der Waals surface area contributed by atoms with Gasteiger partial charge in [0, 0.05) is 6.54 Å². The van der Waals surface area contributed by atoms with Crippen molar-refractivity contribution >= 4 is 21.4 Å². The number of ether oxygens (including phenoxy) is 1. The van der Waals surface area contributed by atoms with Gasteiger partial charge in [0.15, 0.2) is 0 Å². The van der Waals surface area contributed by atoms with E-state index < -0.39 is 10.0 Å². The Hall–Kier alpha value is -2.21. The molecule has 0 amide bonds. The zero-order valence-electron chi connectivity index (χ0n) is 12.3. The predicted octanol–water partition coefficient (Wildman–Crippen LogP) is 2.42. The molecule has 1 aliphatic heterocycles. The molecule has 0 spiro atoms. The lowest BCUT2D eigenvalue weighted by Gasteiger charge is -2.21. The van der Waals surface area contributed by atoms with Crippen LogP contribution in [0.3, 0.4) is 0 Å². The molecule has 5 nitrogen and oxygen atoms in total. The summed E-state index contributed by atoms with van der Waals surface area (Å²) in [5.41, 5.74) is 8.04. The van der Waals surface area contributed by atoms with E-state index in [4.69, 9.17) is 10.5 Å². The Morgan fingerprint density at radius 2 is 1.91 bits per heavy atom. The Morgan fingerprint density at radius 3 is 2.59 bits per heavy atom. The van der Waals surface area contributed by atoms with E-state index in [1.54, 1.807) is 30.3 Å². The van der Waals surface area contributed by atoms with Crippen LogP contribution in [-0.4, -0.2) is 21.6 Å². The SMILES string of the molecule is CCOc1ccc(S(=O)(=O)N2CCc3cccc(N)c32)cc1. The number of nitrogen functional groups attached to an aromatic ring is 1. The Kier molecular flexibility index (Phi) is 3.70. The highest BCUT2D eigenvalue weighted by atomic mass is 32.2. The minimum Gasteiger partial charge on any atom is -0.494 e. The fraction of sp³-hybridized carbons (Fsp3) is 0.250. The lowest BCUT2D eigenvalue weighted by Crippen LogP contribution is -2.29. The van der Waals surface area contributed by atoms with Crippen molar-refractivity contribution in [3.8, 4) is 5.75 Å². The molecule has 0 fully saturated rings. The van der Waals surface area contributed by atoms with Gasteiger partial charge in [-0.3, -0.25) is 4.31 Å². The molecule has 0 atom stereocenters. The Labute approximate surface area is 130 Å². The van der Waals surface area contributed by atoms with Crippen LogP contribution in [0.1, 0.15) is 12.5 Å². The summed E-state index contributed by atoms with van der Waals surface area (Å²) in [7, 11) is -3.61. The van der Waals surface area contributed by atoms with Gasteiger partial charge in [-0.25, -0.2) is 8.42 Å². The smallest absolute Gasteiger partial charge is 0.264 e. The molecule has 0 radical (unpaired) electrons. The third-order valence-corrected chi connectivity index (χ3v) is 5.52. The van der Waals surface area contributed by atoms with E-state index in [1.165, 1.54) is 4.31 Å². The van der Waals surface area contributed by atoms with Crippen molar-refractivity contribution in [1.29, 1.82) is 0 Å². The van der Waals surface area contributed by atoms with Crippen LogP contribution in [0.2, 0.25) is 0 Å². The first-order valence-corrected chi connectivity index (χ1v) is 8.61. The van der Waals surface area contributed by atoms with Crippen molar-refractivity contribution in [1.82, 2.24) is 0 Å². The predicted molar refractivity (Wildman–Crippen MR) is 86.7 cm³/mol. The van der Waals surface area contributed by atoms with Gasteiger partial charge in [-0.15, -0.1) is 0 Å². The first-order valence-electron chi connectivity index (χ1n) is 7.17. The van der Waals surface area contributed by atoms with E-state index in [-0.39, 0.29) is 4.90 Å². The zero-order chi connectivity index (χ0) is 15.7. The second-order valence-electron chi connectivity index (χ2n) is 5.09. The maximum atomic E-state index is 12.8. The van der Waals surface area contributed by atoms with Crippen molar-refractivity contribution in [3.05, 3.63) is 48.0 Å². The van der Waals surface area contributed by atoms with E-state index in [2.05, 4.69) is 0 Å². The van der Waals surface area contributed by atoms with Crippen LogP contribution < -0.4 is 14.8 Å². The lowest BCUT2D eigenvalue weighted by atomic mass is 10.1. The molecular formula is C16H18N2O3S. The molecule has 2 aromatic rings. The average Bonchev–Trinajstić information content (AvgIpc) is 2.94. The van der Waals surface area contributed by atoms with Gasteiger partial charge in [0.2, 0.25) is 0 Å². The summed E-state index contributed by atoms with van der Waals surface area (Å²) in [6, 6.07) is 12.0. The van der Waals surface area contributed by atoms with Crippen molar-refractivity contribution in [3.63, 3.8) is 0 Å². The summed E-state index contributed by atoms with van der Waals surface area (Å²) >= 11 is 0. The number of hydrogen-bond acceptors (Lipinski definition) is 4. The largest absolute Gasteiger partial charge is 0.494 e. The quantitative estimate of drug-likeness (QED) is 0.879. The standard InChI is InChI=1S/C16H18N2O3S/c1-2-21-13-6-8-14(9-7-13)22(19,20)18-11-10-12-4-3-5-15(17)16(12)18/h3-9H,2,10-11,17H2,1H3. The highest BCUT2D eigenvalue weighted by Crippen LogP contribution is 2.37. The number of benzene rings is 2. The molecule has 0 aliphatic carbocycles. The first-order chi connectivity index (χ1) is 10.5. The Morgan fingerprint density at radius 1 is 1.18 bits per heavy atom. The second kappa shape index (κ2) is 5.53. The molecule has 2 N–H and O–H groups in total. The Balaban J connectivity index is 1.98. The van der Waals surface area contributed by atoms with E-state index in [9.17, 15) is 8.42 Å². The molecule has 3 rings (SSSR count). The van der Waals surface area contributed by atoms with Crippen LogP contribution in [0, 0.1) is 0 Å². The molecule has 22 heavy (non-hydrogen) atoms. The number of fused-ring (bicyclic) bond motifs is 1. The number of rotatable bonds is 4. The molecule has 2 aromatic carbocycles. The average molecular weight is 318 g/mol. The van der Waals surface area contributed by atoms with Crippen LogP contribution in [0.5, 0.6) is 5.75 Å². The summed E-state index contributed by atoms with van der Waals surface area (Å²) in [4.78, 5) is 0.243. The fourth-order valence-corrected chi connectivity index (χ4v) is 4.22. The molecule has 1 heterocycles. The van der Waals surface area contributed by atoms with Crippen LogP contribution in [0.25, 0.3) is 0 Å². The summed E-state index contributed by atoms with van der Waals surface area (Å²) < 4.78 is 32.4. The number of nitrogens with two attached hydrogens (primary N) is 1. The number of sulfonamides is 1. The van der Waals surface area contributed by atoms with Gasteiger partial charge in [0.1, 0.15) is 5.75 Å². The minimum absolute atomic E-state index is 0.243. The van der Waals surface area contributed by atoms with Gasteiger partial charge in [-0.05, 0) is 49.2 Å². The molecule has 116 valence electrons. The highest BCUT2D eigenvalue weighted by Gasteiger charge is 2.32.